The van der Waals surface area contributed by atoms with Gasteiger partial charge < -0.3 is 20.9 Å². The number of benzene rings is 1. The van der Waals surface area contributed by atoms with Crippen molar-refractivity contribution in [3.05, 3.63) is 23.8 Å². The SMILES string of the molecule is CNC(=O)[C@@H](C)NC(=O)Nc1cc(C(F)(F)F)ccc1N(C)C. The fourth-order valence-electron chi connectivity index (χ4n) is 1.84. The number of halogens is 3. The lowest BCUT2D eigenvalue weighted by atomic mass is 10.1. The molecule has 0 aliphatic rings. The highest BCUT2D eigenvalue weighted by atomic mass is 19.4. The number of carbonyl (C=O) groups is 2. The lowest BCUT2D eigenvalue weighted by molar-refractivity contribution is -0.137. The summed E-state index contributed by atoms with van der Waals surface area (Å²) >= 11 is 0. The summed E-state index contributed by atoms with van der Waals surface area (Å²) in [7, 11) is 4.69. The minimum absolute atomic E-state index is 0.00793. The molecule has 0 spiro atoms. The Morgan fingerprint density at radius 1 is 1.22 bits per heavy atom. The molecule has 0 fully saturated rings. The van der Waals surface area contributed by atoms with Crippen molar-refractivity contribution in [2.75, 3.05) is 31.4 Å². The first kappa shape index (κ1) is 18.6. The highest BCUT2D eigenvalue weighted by Crippen LogP contribution is 2.34. The van der Waals surface area contributed by atoms with Crippen LogP contribution >= 0.6 is 0 Å². The summed E-state index contributed by atoms with van der Waals surface area (Å²) in [5.41, 5.74) is -0.482. The zero-order valence-electron chi connectivity index (χ0n) is 13.2. The molecule has 1 atom stereocenters. The average molecular weight is 332 g/mol. The van der Waals surface area contributed by atoms with Gasteiger partial charge in [-0.1, -0.05) is 0 Å². The van der Waals surface area contributed by atoms with E-state index in [0.717, 1.165) is 12.1 Å². The van der Waals surface area contributed by atoms with Crippen LogP contribution in [0.2, 0.25) is 0 Å². The predicted molar refractivity (Wildman–Crippen MR) is 81.5 cm³/mol. The van der Waals surface area contributed by atoms with Crippen molar-refractivity contribution >= 4 is 23.3 Å². The highest BCUT2D eigenvalue weighted by Gasteiger charge is 2.31. The molecule has 0 heterocycles. The van der Waals surface area contributed by atoms with Crippen LogP contribution in [0.15, 0.2) is 18.2 Å². The van der Waals surface area contributed by atoms with Crippen LogP contribution in [0.25, 0.3) is 0 Å². The molecule has 3 N–H and O–H groups in total. The maximum Gasteiger partial charge on any atom is 0.416 e. The predicted octanol–water partition coefficient (Wildman–Crippen LogP) is 2.03. The standard InChI is InChI=1S/C14H19F3N4O2/c1-8(12(22)18-2)19-13(23)20-10-7-9(14(15,16)17)5-6-11(10)21(3)4/h5-8H,1-4H3,(H,18,22)(H2,19,20,23)/t8-/m1/s1. The lowest BCUT2D eigenvalue weighted by Gasteiger charge is -2.20. The van der Waals surface area contributed by atoms with Gasteiger partial charge in [-0.2, -0.15) is 13.2 Å². The van der Waals surface area contributed by atoms with E-state index in [0.29, 0.717) is 5.69 Å². The molecule has 9 heteroatoms. The van der Waals surface area contributed by atoms with E-state index < -0.39 is 29.7 Å². The smallest absolute Gasteiger partial charge is 0.376 e. The molecule has 0 radical (unpaired) electrons. The number of hydrogen-bond donors (Lipinski definition) is 3. The molecule has 6 nitrogen and oxygen atoms in total. The lowest BCUT2D eigenvalue weighted by Crippen LogP contribution is -2.45. The van der Waals surface area contributed by atoms with Gasteiger partial charge in [0.2, 0.25) is 5.91 Å². The Hall–Kier alpha value is -2.45. The summed E-state index contributed by atoms with van der Waals surface area (Å²) in [5, 5.41) is 7.04. The first-order chi connectivity index (χ1) is 10.6. The van der Waals surface area contributed by atoms with Crippen LogP contribution in [-0.2, 0) is 11.0 Å². The molecule has 1 aromatic rings. The van der Waals surface area contributed by atoms with Crippen molar-refractivity contribution in [2.45, 2.75) is 19.1 Å². The maximum absolute atomic E-state index is 12.8. The van der Waals surface area contributed by atoms with Crippen molar-refractivity contribution in [1.29, 1.82) is 0 Å². The summed E-state index contributed by atoms with van der Waals surface area (Å²) < 4.78 is 38.4. The van der Waals surface area contributed by atoms with Crippen molar-refractivity contribution in [3.8, 4) is 0 Å². The molecule has 0 aromatic heterocycles. The Balaban J connectivity index is 3.01. The van der Waals surface area contributed by atoms with Crippen molar-refractivity contribution in [3.63, 3.8) is 0 Å². The summed E-state index contributed by atoms with van der Waals surface area (Å²) in [6, 6.07) is 1.45. The van der Waals surface area contributed by atoms with Crippen molar-refractivity contribution < 1.29 is 22.8 Å². The molecule has 23 heavy (non-hydrogen) atoms. The van der Waals surface area contributed by atoms with Crippen LogP contribution in [0.3, 0.4) is 0 Å². The molecule has 1 aromatic carbocycles. The van der Waals surface area contributed by atoms with Gasteiger partial charge in [0.05, 0.1) is 16.9 Å². The number of alkyl halides is 3. The Morgan fingerprint density at radius 3 is 2.30 bits per heavy atom. The number of hydrogen-bond acceptors (Lipinski definition) is 3. The van der Waals surface area contributed by atoms with E-state index >= 15 is 0 Å². The van der Waals surface area contributed by atoms with Gasteiger partial charge in [0.25, 0.3) is 0 Å². The van der Waals surface area contributed by atoms with E-state index in [2.05, 4.69) is 16.0 Å². The van der Waals surface area contributed by atoms with Gasteiger partial charge >= 0.3 is 12.2 Å². The molecule has 0 bridgehead atoms. The second-order valence-corrected chi connectivity index (χ2v) is 5.06. The third-order valence-corrected chi connectivity index (χ3v) is 3.04. The zero-order chi connectivity index (χ0) is 17.8. The fraction of sp³-hybridized carbons (Fsp3) is 0.429. The van der Waals surface area contributed by atoms with Gasteiger partial charge in [0, 0.05) is 21.1 Å². The van der Waals surface area contributed by atoms with Crippen LogP contribution in [0.1, 0.15) is 12.5 Å². The van der Waals surface area contributed by atoms with Crippen molar-refractivity contribution in [2.24, 2.45) is 0 Å². The second-order valence-electron chi connectivity index (χ2n) is 5.06. The minimum atomic E-state index is -4.52. The van der Waals surface area contributed by atoms with Crippen LogP contribution in [-0.4, -0.2) is 39.1 Å². The van der Waals surface area contributed by atoms with E-state index in [1.807, 2.05) is 0 Å². The van der Waals surface area contributed by atoms with Crippen LogP contribution in [0.4, 0.5) is 29.3 Å². The van der Waals surface area contributed by atoms with E-state index in [1.165, 1.54) is 20.0 Å². The Morgan fingerprint density at radius 2 is 1.83 bits per heavy atom. The number of rotatable bonds is 4. The van der Waals surface area contributed by atoms with Gasteiger partial charge in [-0.15, -0.1) is 0 Å². The Kier molecular flexibility index (Phi) is 5.83. The normalized spacial score (nSPS) is 12.3. The van der Waals surface area contributed by atoms with Crippen LogP contribution < -0.4 is 20.9 Å². The Bertz CT molecular complexity index is 588. The monoisotopic (exact) mass is 332 g/mol. The third kappa shape index (κ3) is 5.04. The zero-order valence-corrected chi connectivity index (χ0v) is 13.2. The largest absolute Gasteiger partial charge is 0.416 e. The van der Waals surface area contributed by atoms with E-state index in [9.17, 15) is 22.8 Å². The number of urea groups is 1. The quantitative estimate of drug-likeness (QED) is 0.790. The summed E-state index contributed by atoms with van der Waals surface area (Å²) in [6.07, 6.45) is -4.52. The molecular formula is C14H19F3N4O2. The molecule has 128 valence electrons. The number of likely N-dealkylation sites (N-methyl/N-ethyl adjacent to an activating group) is 1. The summed E-state index contributed by atoms with van der Waals surface area (Å²) in [6.45, 7) is 1.46. The first-order valence-corrected chi connectivity index (χ1v) is 6.74. The molecule has 0 aliphatic carbocycles. The van der Waals surface area contributed by atoms with E-state index in [-0.39, 0.29) is 5.69 Å². The maximum atomic E-state index is 12.8. The van der Waals surface area contributed by atoms with Gasteiger partial charge in [0.15, 0.2) is 0 Å². The van der Waals surface area contributed by atoms with Gasteiger partial charge in [-0.05, 0) is 25.1 Å². The molecule has 3 amide bonds. The van der Waals surface area contributed by atoms with E-state index in [4.69, 9.17) is 0 Å². The van der Waals surface area contributed by atoms with Gasteiger partial charge in [-0.25, -0.2) is 4.79 Å². The summed E-state index contributed by atoms with van der Waals surface area (Å²) in [5.74, 6) is -0.419. The van der Waals surface area contributed by atoms with Gasteiger partial charge in [0.1, 0.15) is 6.04 Å². The molecule has 0 saturated carbocycles. The van der Waals surface area contributed by atoms with Crippen molar-refractivity contribution in [1.82, 2.24) is 10.6 Å². The highest BCUT2D eigenvalue weighted by molar-refractivity contribution is 5.96. The molecule has 0 unspecified atom stereocenters. The Labute approximate surface area is 132 Å². The number of anilines is 2. The topological polar surface area (TPSA) is 73.5 Å². The molecule has 0 aliphatic heterocycles. The second kappa shape index (κ2) is 7.21. The van der Waals surface area contributed by atoms with Crippen LogP contribution in [0, 0.1) is 0 Å². The van der Waals surface area contributed by atoms with E-state index in [1.54, 1.807) is 19.0 Å². The van der Waals surface area contributed by atoms with Crippen LogP contribution in [0.5, 0.6) is 0 Å². The fourth-order valence-corrected chi connectivity index (χ4v) is 1.84. The molecule has 1 rings (SSSR count). The number of nitrogens with one attached hydrogen (secondary N) is 3. The molecular weight excluding hydrogens is 313 g/mol. The number of nitrogens with zero attached hydrogens (tertiary/aromatic N) is 1. The first-order valence-electron chi connectivity index (χ1n) is 6.74. The minimum Gasteiger partial charge on any atom is -0.376 e. The average Bonchev–Trinajstić information content (AvgIpc) is 2.44. The third-order valence-electron chi connectivity index (χ3n) is 3.04. The number of amides is 3. The molecule has 0 saturated heterocycles. The number of carbonyl (C=O) groups excluding carboxylic acids is 2. The van der Waals surface area contributed by atoms with Gasteiger partial charge in [-0.3, -0.25) is 4.79 Å². The summed E-state index contributed by atoms with van der Waals surface area (Å²) in [4.78, 5) is 24.8.